The minimum absolute atomic E-state index is 0.744. The summed E-state index contributed by atoms with van der Waals surface area (Å²) in [5, 5.41) is 3.63. The Balaban J connectivity index is 1.64. The summed E-state index contributed by atoms with van der Waals surface area (Å²) in [6.07, 6.45) is 8.55. The van der Waals surface area contributed by atoms with Gasteiger partial charge in [-0.2, -0.15) is 0 Å². The highest BCUT2D eigenvalue weighted by molar-refractivity contribution is 4.77. The highest BCUT2D eigenvalue weighted by Crippen LogP contribution is 2.33. The Kier molecular flexibility index (Phi) is 4.45. The van der Waals surface area contributed by atoms with Gasteiger partial charge < -0.3 is 10.2 Å². The summed E-state index contributed by atoms with van der Waals surface area (Å²) in [5.41, 5.74) is 0. The third-order valence-corrected chi connectivity index (χ3v) is 3.84. The Labute approximate surface area is 94.4 Å². The largest absolute Gasteiger partial charge is 0.313 e. The highest BCUT2D eigenvalue weighted by atomic mass is 15.2. The maximum absolute atomic E-state index is 3.63. The second-order valence-corrected chi connectivity index (χ2v) is 5.30. The molecule has 88 valence electrons. The van der Waals surface area contributed by atoms with Crippen LogP contribution in [0.5, 0.6) is 0 Å². The van der Waals surface area contributed by atoms with Crippen LogP contribution >= 0.6 is 0 Å². The average molecular weight is 210 g/mol. The van der Waals surface area contributed by atoms with Crippen molar-refractivity contribution >= 4 is 0 Å². The second kappa shape index (κ2) is 5.86. The van der Waals surface area contributed by atoms with E-state index in [0.29, 0.717) is 0 Å². The van der Waals surface area contributed by atoms with Crippen molar-refractivity contribution in [2.24, 2.45) is 5.92 Å². The van der Waals surface area contributed by atoms with Gasteiger partial charge in [0.1, 0.15) is 0 Å². The molecule has 1 aliphatic heterocycles. The summed E-state index contributed by atoms with van der Waals surface area (Å²) in [5.74, 6) is 1.11. The zero-order valence-electron chi connectivity index (χ0n) is 10.2. The predicted octanol–water partition coefficient (Wildman–Crippen LogP) is 2.25. The Morgan fingerprint density at radius 2 is 2.20 bits per heavy atom. The minimum Gasteiger partial charge on any atom is -0.313 e. The molecule has 0 amide bonds. The fourth-order valence-corrected chi connectivity index (χ4v) is 2.56. The molecule has 1 heterocycles. The van der Waals surface area contributed by atoms with Crippen LogP contribution in [0, 0.1) is 5.92 Å². The van der Waals surface area contributed by atoms with Gasteiger partial charge in [0.05, 0.1) is 0 Å². The lowest BCUT2D eigenvalue weighted by Crippen LogP contribution is -2.37. The normalized spacial score (nSPS) is 29.0. The van der Waals surface area contributed by atoms with Crippen molar-refractivity contribution in [3.63, 3.8) is 0 Å². The highest BCUT2D eigenvalue weighted by Gasteiger charge is 2.21. The van der Waals surface area contributed by atoms with E-state index in [1.165, 1.54) is 64.7 Å². The number of hydrogen-bond donors (Lipinski definition) is 1. The van der Waals surface area contributed by atoms with Crippen LogP contribution in [0.4, 0.5) is 0 Å². The first-order valence-corrected chi connectivity index (χ1v) is 6.84. The molecule has 1 saturated heterocycles. The van der Waals surface area contributed by atoms with Gasteiger partial charge in [-0.15, -0.1) is 0 Å². The van der Waals surface area contributed by atoms with Crippen LogP contribution in [0.15, 0.2) is 0 Å². The second-order valence-electron chi connectivity index (χ2n) is 5.30. The Morgan fingerprint density at radius 1 is 1.33 bits per heavy atom. The minimum atomic E-state index is 0.744. The zero-order chi connectivity index (χ0) is 10.5. The molecule has 0 aromatic heterocycles. The van der Waals surface area contributed by atoms with E-state index >= 15 is 0 Å². The number of hydrogen-bond acceptors (Lipinski definition) is 2. The van der Waals surface area contributed by atoms with Crippen LogP contribution in [0.2, 0.25) is 0 Å². The molecular weight excluding hydrogens is 184 g/mol. The first-order valence-electron chi connectivity index (χ1n) is 6.84. The van der Waals surface area contributed by atoms with E-state index in [9.17, 15) is 0 Å². The third-order valence-electron chi connectivity index (χ3n) is 3.84. The number of rotatable bonds is 5. The molecule has 2 heteroatoms. The molecule has 0 spiro atoms. The summed E-state index contributed by atoms with van der Waals surface area (Å²) in [4.78, 5) is 2.68. The molecule has 1 unspecified atom stereocenters. The van der Waals surface area contributed by atoms with Gasteiger partial charge in [0.25, 0.3) is 0 Å². The molecule has 1 saturated carbocycles. The van der Waals surface area contributed by atoms with E-state index in [1.807, 2.05) is 0 Å². The van der Waals surface area contributed by atoms with Crippen molar-refractivity contribution < 1.29 is 0 Å². The van der Waals surface area contributed by atoms with E-state index in [-0.39, 0.29) is 0 Å². The van der Waals surface area contributed by atoms with Gasteiger partial charge in [0.2, 0.25) is 0 Å². The van der Waals surface area contributed by atoms with Crippen molar-refractivity contribution in [2.45, 2.75) is 51.5 Å². The summed E-state index contributed by atoms with van der Waals surface area (Å²) in [6.45, 7) is 7.45. The van der Waals surface area contributed by atoms with Crippen molar-refractivity contribution in [3.05, 3.63) is 0 Å². The van der Waals surface area contributed by atoms with Gasteiger partial charge in [0, 0.05) is 12.6 Å². The first-order chi connectivity index (χ1) is 7.38. The van der Waals surface area contributed by atoms with Crippen LogP contribution in [0.25, 0.3) is 0 Å². The molecule has 2 nitrogen and oxygen atoms in total. The van der Waals surface area contributed by atoms with Crippen LogP contribution in [-0.2, 0) is 0 Å². The molecule has 0 aromatic carbocycles. The molecule has 1 atom stereocenters. The maximum Gasteiger partial charge on any atom is 0.0192 e. The molecule has 0 bridgehead atoms. The molecule has 2 aliphatic rings. The first kappa shape index (κ1) is 11.4. The fraction of sp³-hybridized carbons (Fsp3) is 1.00. The van der Waals surface area contributed by atoms with E-state index in [0.717, 1.165) is 12.0 Å². The summed E-state index contributed by atoms with van der Waals surface area (Å²) in [7, 11) is 0. The number of nitrogens with zero attached hydrogens (tertiary/aromatic N) is 1. The van der Waals surface area contributed by atoms with E-state index in [2.05, 4.69) is 17.1 Å². The lowest BCUT2D eigenvalue weighted by atomic mass is 10.2. The monoisotopic (exact) mass is 210 g/mol. The van der Waals surface area contributed by atoms with Crippen molar-refractivity contribution in [3.8, 4) is 0 Å². The lowest BCUT2D eigenvalue weighted by Gasteiger charge is -2.23. The molecule has 0 radical (unpaired) electrons. The molecule has 15 heavy (non-hydrogen) atoms. The number of nitrogens with one attached hydrogen (secondary N) is 1. The van der Waals surface area contributed by atoms with Gasteiger partial charge >= 0.3 is 0 Å². The molecule has 0 aromatic rings. The van der Waals surface area contributed by atoms with Gasteiger partial charge in [-0.25, -0.2) is 0 Å². The van der Waals surface area contributed by atoms with Crippen LogP contribution in [0.3, 0.4) is 0 Å². The third kappa shape index (κ3) is 4.12. The van der Waals surface area contributed by atoms with Crippen molar-refractivity contribution in [1.29, 1.82) is 0 Å². The van der Waals surface area contributed by atoms with Gasteiger partial charge in [-0.05, 0) is 51.2 Å². The Bertz CT molecular complexity index is 177. The van der Waals surface area contributed by atoms with Crippen LogP contribution in [0.1, 0.15) is 45.4 Å². The summed E-state index contributed by atoms with van der Waals surface area (Å²) >= 11 is 0. The van der Waals surface area contributed by atoms with Gasteiger partial charge in [-0.1, -0.05) is 19.8 Å². The SMILES string of the molecule is CCC1CN(CCCC2CC2)CCCN1. The fourth-order valence-electron chi connectivity index (χ4n) is 2.56. The molecule has 1 N–H and O–H groups in total. The topological polar surface area (TPSA) is 15.3 Å². The van der Waals surface area contributed by atoms with Gasteiger partial charge in [-0.3, -0.25) is 0 Å². The molecule has 2 fully saturated rings. The van der Waals surface area contributed by atoms with E-state index < -0.39 is 0 Å². The quantitative estimate of drug-likeness (QED) is 0.749. The van der Waals surface area contributed by atoms with Crippen LogP contribution < -0.4 is 5.32 Å². The van der Waals surface area contributed by atoms with E-state index in [4.69, 9.17) is 0 Å². The maximum atomic E-state index is 3.63. The van der Waals surface area contributed by atoms with Crippen LogP contribution in [-0.4, -0.2) is 37.1 Å². The molecule has 1 aliphatic carbocycles. The van der Waals surface area contributed by atoms with Crippen molar-refractivity contribution in [2.75, 3.05) is 26.2 Å². The summed E-state index contributed by atoms with van der Waals surface area (Å²) < 4.78 is 0. The Morgan fingerprint density at radius 3 is 2.93 bits per heavy atom. The molecular formula is C13H26N2. The zero-order valence-corrected chi connectivity index (χ0v) is 10.2. The van der Waals surface area contributed by atoms with E-state index in [1.54, 1.807) is 0 Å². The summed E-state index contributed by atoms with van der Waals surface area (Å²) in [6, 6.07) is 0.744. The van der Waals surface area contributed by atoms with Crippen molar-refractivity contribution in [1.82, 2.24) is 10.2 Å². The average Bonchev–Trinajstić information content (AvgIpc) is 3.04. The lowest BCUT2D eigenvalue weighted by molar-refractivity contribution is 0.258. The molecule has 2 rings (SSSR count). The van der Waals surface area contributed by atoms with Gasteiger partial charge in [0.15, 0.2) is 0 Å². The Hall–Kier alpha value is -0.0800. The standard InChI is InChI=1S/C13H26N2/c1-2-13-11-15(10-4-8-14-13)9-3-5-12-6-7-12/h12-14H,2-11H2,1H3. The predicted molar refractivity (Wildman–Crippen MR) is 65.1 cm³/mol. The smallest absolute Gasteiger partial charge is 0.0192 e.